The minimum atomic E-state index is -0.205. The lowest BCUT2D eigenvalue weighted by Gasteiger charge is -2.39. The Balaban J connectivity index is 1.58. The van der Waals surface area contributed by atoms with E-state index in [9.17, 15) is 9.59 Å². The molecule has 0 saturated carbocycles. The molecule has 3 rings (SSSR count). The summed E-state index contributed by atoms with van der Waals surface area (Å²) in [5.41, 5.74) is 0.769. The Morgan fingerprint density at radius 2 is 1.57 bits per heavy atom. The van der Waals surface area contributed by atoms with Crippen LogP contribution in [-0.2, 0) is 4.79 Å². The molecule has 1 aromatic carbocycles. The molecule has 2 heterocycles. The first-order chi connectivity index (χ1) is 13.6. The normalized spacial score (nSPS) is 19.3. The number of likely N-dealkylation sites (tertiary alicyclic amines) is 1. The minimum absolute atomic E-state index is 0.113. The summed E-state index contributed by atoms with van der Waals surface area (Å²) in [4.78, 5) is 29.4. The molecule has 0 bridgehead atoms. The van der Waals surface area contributed by atoms with E-state index in [0.717, 1.165) is 57.8 Å². The summed E-state index contributed by atoms with van der Waals surface area (Å²) in [7, 11) is -0.113. The fourth-order valence-electron chi connectivity index (χ4n) is 3.67. The molecule has 2 fully saturated rings. The summed E-state index contributed by atoms with van der Waals surface area (Å²) in [5, 5.41) is 5.00. The van der Waals surface area contributed by atoms with Crippen molar-refractivity contribution in [2.24, 2.45) is 0 Å². The monoisotopic (exact) mass is 402 g/mol. The number of carbonyl (C=O) groups is 2. The molecule has 0 aliphatic carbocycles. The van der Waals surface area contributed by atoms with Gasteiger partial charge in [-0.1, -0.05) is 17.2 Å². The number of nitrogens with zero attached hydrogens (tertiary/aromatic N) is 3. The van der Waals surface area contributed by atoms with Crippen LogP contribution in [0, 0.1) is 0 Å². The molecule has 1 aromatic rings. The molecule has 2 aliphatic rings. The Hall–Kier alpha value is -2.12. The lowest BCUT2D eigenvalue weighted by Crippen LogP contribution is -2.52. The maximum atomic E-state index is 12.7. The molecule has 3 amide bonds. The van der Waals surface area contributed by atoms with E-state index in [0.29, 0.717) is 0 Å². The number of urea groups is 1. The number of hydrogen-bond donors (Lipinski definition) is 1. The Morgan fingerprint density at radius 1 is 0.964 bits per heavy atom. The maximum Gasteiger partial charge on any atom is 0.320 e. The number of nitrogens with one attached hydrogen (secondary N) is 1. The fourth-order valence-corrected chi connectivity index (χ4v) is 5.51. The highest BCUT2D eigenvalue weighted by Crippen LogP contribution is 2.32. The van der Waals surface area contributed by atoms with Gasteiger partial charge >= 0.3 is 6.03 Å². The van der Waals surface area contributed by atoms with Crippen LogP contribution in [0.3, 0.4) is 0 Å². The molecule has 1 unspecified atom stereocenters. The van der Waals surface area contributed by atoms with E-state index in [4.69, 9.17) is 0 Å². The highest BCUT2D eigenvalue weighted by atomic mass is 32.2. The van der Waals surface area contributed by atoms with Crippen LogP contribution in [0.4, 0.5) is 10.5 Å². The zero-order chi connectivity index (χ0) is 19.9. The highest BCUT2D eigenvalue weighted by Gasteiger charge is 2.27. The van der Waals surface area contributed by atoms with Gasteiger partial charge in [0, 0.05) is 49.9 Å². The summed E-state index contributed by atoms with van der Waals surface area (Å²) < 4.78 is 2.44. The zero-order valence-electron chi connectivity index (χ0n) is 16.6. The predicted octanol–water partition coefficient (Wildman–Crippen LogP) is 3.40. The van der Waals surface area contributed by atoms with Crippen molar-refractivity contribution >= 4 is 33.7 Å². The topological polar surface area (TPSA) is 55.9 Å². The van der Waals surface area contributed by atoms with Crippen LogP contribution in [0.5, 0.6) is 0 Å². The molecule has 7 heteroatoms. The Morgan fingerprint density at radius 3 is 2.14 bits per heavy atom. The molecule has 1 N–H and O–H groups in total. The lowest BCUT2D eigenvalue weighted by molar-refractivity contribution is -0.111. The average molecular weight is 403 g/mol. The molecular formula is C21H30N4O2S. The van der Waals surface area contributed by atoms with Gasteiger partial charge in [-0.2, -0.15) is 0 Å². The van der Waals surface area contributed by atoms with Gasteiger partial charge in [-0.3, -0.25) is 4.79 Å². The van der Waals surface area contributed by atoms with Gasteiger partial charge in [0.25, 0.3) is 0 Å². The number of benzene rings is 1. The van der Waals surface area contributed by atoms with Crippen LogP contribution >= 0.6 is 10.7 Å². The van der Waals surface area contributed by atoms with Crippen LogP contribution in [-0.4, -0.2) is 70.7 Å². The summed E-state index contributed by atoms with van der Waals surface area (Å²) >= 11 is 0. The molecule has 0 spiro atoms. The molecule has 0 radical (unpaired) electrons. The predicted molar refractivity (Wildman–Crippen MR) is 117 cm³/mol. The van der Waals surface area contributed by atoms with Crippen molar-refractivity contribution in [1.82, 2.24) is 14.1 Å². The van der Waals surface area contributed by atoms with Gasteiger partial charge in [0.1, 0.15) is 0 Å². The number of piperidine rings is 1. The summed E-state index contributed by atoms with van der Waals surface area (Å²) in [6, 6.07) is 8.19. The Bertz CT molecular complexity index is 733. The lowest BCUT2D eigenvalue weighted by atomic mass is 10.1. The first-order valence-electron chi connectivity index (χ1n) is 9.97. The number of rotatable bonds is 4. The van der Waals surface area contributed by atoms with E-state index in [1.54, 1.807) is 0 Å². The minimum Gasteiger partial charge on any atom is -0.325 e. The fraction of sp³-hybridized carbons (Fsp3) is 0.476. The molecule has 6 nitrogen and oxygen atoms in total. The Labute approximate surface area is 170 Å². The maximum absolute atomic E-state index is 12.7. The summed E-state index contributed by atoms with van der Waals surface area (Å²) in [6.45, 7) is 10.7. The van der Waals surface area contributed by atoms with Gasteiger partial charge in [-0.05, 0) is 61.9 Å². The van der Waals surface area contributed by atoms with Crippen LogP contribution in [0.1, 0.15) is 26.2 Å². The van der Waals surface area contributed by atoms with Gasteiger partial charge in [-0.15, -0.1) is 0 Å². The van der Waals surface area contributed by atoms with Crippen molar-refractivity contribution in [1.29, 1.82) is 0 Å². The van der Waals surface area contributed by atoms with Gasteiger partial charge in [0.2, 0.25) is 5.91 Å². The van der Waals surface area contributed by atoms with E-state index < -0.39 is 0 Å². The van der Waals surface area contributed by atoms with Crippen LogP contribution < -0.4 is 5.32 Å². The molecule has 1 atom stereocenters. The number of carbonyl (C=O) groups excluding carboxylic acids is 2. The van der Waals surface area contributed by atoms with E-state index in [1.165, 1.54) is 17.4 Å². The van der Waals surface area contributed by atoms with E-state index in [2.05, 4.69) is 40.6 Å². The first-order valence-corrected chi connectivity index (χ1v) is 11.2. The van der Waals surface area contributed by atoms with E-state index in [-0.39, 0.29) is 22.6 Å². The second-order valence-corrected chi connectivity index (χ2v) is 9.10. The standard InChI is InChI=1S/C21H30N4O2S/c1-3-20(26)22-18-8-10-19(11-9-18)28(4-2)25-16-14-24(15-17-25)21(27)23-12-6-5-7-13-23/h3-4,8-11H,1,5-7,12-17H2,2H3,(H,22,26). The van der Waals surface area contributed by atoms with Crippen molar-refractivity contribution < 1.29 is 9.59 Å². The molecule has 152 valence electrons. The van der Waals surface area contributed by atoms with Gasteiger partial charge in [0.05, 0.1) is 0 Å². The average Bonchev–Trinajstić information content (AvgIpc) is 2.76. The van der Waals surface area contributed by atoms with Crippen LogP contribution in [0.25, 0.3) is 0 Å². The molecule has 28 heavy (non-hydrogen) atoms. The van der Waals surface area contributed by atoms with Gasteiger partial charge < -0.3 is 15.1 Å². The first kappa shape index (κ1) is 20.6. The smallest absolute Gasteiger partial charge is 0.320 e. The third-order valence-electron chi connectivity index (χ3n) is 5.19. The van der Waals surface area contributed by atoms with Crippen LogP contribution in [0.15, 0.2) is 41.8 Å². The molecule has 0 aromatic heterocycles. The van der Waals surface area contributed by atoms with Crippen molar-refractivity contribution in [3.8, 4) is 0 Å². The number of hydrogen-bond acceptors (Lipinski definition) is 3. The zero-order valence-corrected chi connectivity index (χ0v) is 17.4. The molecular weight excluding hydrogens is 372 g/mol. The highest BCUT2D eigenvalue weighted by molar-refractivity contribution is 8.13. The van der Waals surface area contributed by atoms with Crippen molar-refractivity contribution in [2.75, 3.05) is 44.6 Å². The number of piperazine rings is 1. The summed E-state index contributed by atoms with van der Waals surface area (Å²) in [5.74, 6) is -0.205. The van der Waals surface area contributed by atoms with Crippen molar-refractivity contribution in [2.45, 2.75) is 31.1 Å². The van der Waals surface area contributed by atoms with Gasteiger partial charge in [0.15, 0.2) is 0 Å². The SMILES string of the molecule is C=CC(=O)Nc1ccc(S(=CC)N2CCN(C(=O)N3CCCCC3)CC2)cc1. The number of amides is 3. The summed E-state index contributed by atoms with van der Waals surface area (Å²) in [6.07, 6.45) is 4.76. The largest absolute Gasteiger partial charge is 0.325 e. The third kappa shape index (κ3) is 5.02. The molecule has 2 aliphatic heterocycles. The second-order valence-electron chi connectivity index (χ2n) is 7.01. The van der Waals surface area contributed by atoms with Crippen molar-refractivity contribution in [3.05, 3.63) is 36.9 Å². The van der Waals surface area contributed by atoms with Crippen molar-refractivity contribution in [3.63, 3.8) is 0 Å². The van der Waals surface area contributed by atoms with E-state index in [1.807, 2.05) is 21.9 Å². The molecule has 2 saturated heterocycles. The number of anilines is 1. The van der Waals surface area contributed by atoms with Crippen LogP contribution in [0.2, 0.25) is 0 Å². The van der Waals surface area contributed by atoms with Gasteiger partial charge in [-0.25, -0.2) is 9.10 Å². The second kappa shape index (κ2) is 9.89. The quantitative estimate of drug-likeness (QED) is 0.620. The Kier molecular flexibility index (Phi) is 7.28. The van der Waals surface area contributed by atoms with E-state index >= 15 is 0 Å². The third-order valence-corrected chi connectivity index (χ3v) is 7.31.